The Kier molecular flexibility index (Phi) is 6.05. The lowest BCUT2D eigenvalue weighted by molar-refractivity contribution is -0.151. The second-order valence-corrected chi connectivity index (χ2v) is 3.72. The Morgan fingerprint density at radius 1 is 1.20 bits per heavy atom. The molecule has 0 bridgehead atoms. The van der Waals surface area contributed by atoms with E-state index in [1.165, 1.54) is 0 Å². The van der Waals surface area contributed by atoms with Crippen molar-refractivity contribution in [1.29, 1.82) is 0 Å². The SMILES string of the molecule is CCCCCC([O])OCc1ccccc1. The largest absolute Gasteiger partial charge is 0.345 e. The van der Waals surface area contributed by atoms with Gasteiger partial charge in [0.25, 0.3) is 0 Å². The zero-order valence-corrected chi connectivity index (χ0v) is 9.32. The van der Waals surface area contributed by atoms with Crippen LogP contribution in [0.3, 0.4) is 0 Å². The van der Waals surface area contributed by atoms with Crippen LogP contribution in [0.2, 0.25) is 0 Å². The standard InChI is InChI=1S/C13H19O2/c1-2-3-5-10-13(14)15-11-12-8-6-4-7-9-12/h4,6-9,13H,2-3,5,10-11H2,1H3. The molecule has 0 amide bonds. The smallest absolute Gasteiger partial charge is 0.191 e. The van der Waals surface area contributed by atoms with Crippen LogP contribution in [0.1, 0.15) is 38.2 Å². The molecule has 83 valence electrons. The van der Waals surface area contributed by atoms with Gasteiger partial charge in [-0.1, -0.05) is 50.1 Å². The van der Waals surface area contributed by atoms with Gasteiger partial charge in [-0.05, 0) is 12.0 Å². The van der Waals surface area contributed by atoms with Crippen LogP contribution in [0.5, 0.6) is 0 Å². The third-order valence-electron chi connectivity index (χ3n) is 2.32. The molecule has 0 saturated heterocycles. The lowest BCUT2D eigenvalue weighted by Crippen LogP contribution is -2.09. The molecule has 0 saturated carbocycles. The molecule has 2 nitrogen and oxygen atoms in total. The summed E-state index contributed by atoms with van der Waals surface area (Å²) in [4.78, 5) is 0. The first-order valence-electron chi connectivity index (χ1n) is 5.64. The molecule has 0 N–H and O–H groups in total. The average molecular weight is 207 g/mol. The van der Waals surface area contributed by atoms with Crippen molar-refractivity contribution in [2.24, 2.45) is 0 Å². The molecule has 0 fully saturated rings. The fourth-order valence-electron chi connectivity index (χ4n) is 1.41. The van der Waals surface area contributed by atoms with Gasteiger partial charge in [0.1, 0.15) is 0 Å². The minimum Gasteiger partial charge on any atom is -0.345 e. The van der Waals surface area contributed by atoms with E-state index in [1.807, 2.05) is 30.3 Å². The predicted molar refractivity (Wildman–Crippen MR) is 59.8 cm³/mol. The van der Waals surface area contributed by atoms with Crippen LogP contribution >= 0.6 is 0 Å². The van der Waals surface area contributed by atoms with Gasteiger partial charge in [0, 0.05) is 6.42 Å². The summed E-state index contributed by atoms with van der Waals surface area (Å²) < 4.78 is 5.22. The summed E-state index contributed by atoms with van der Waals surface area (Å²) in [6.45, 7) is 2.56. The highest BCUT2D eigenvalue weighted by Gasteiger charge is 2.05. The molecule has 0 aliphatic carbocycles. The number of hydrogen-bond donors (Lipinski definition) is 0. The first kappa shape index (κ1) is 12.2. The fraction of sp³-hybridized carbons (Fsp3) is 0.538. The van der Waals surface area contributed by atoms with Gasteiger partial charge in [-0.15, -0.1) is 0 Å². The van der Waals surface area contributed by atoms with Gasteiger partial charge >= 0.3 is 0 Å². The first-order chi connectivity index (χ1) is 7.33. The summed E-state index contributed by atoms with van der Waals surface area (Å²) >= 11 is 0. The lowest BCUT2D eigenvalue weighted by atomic mass is 10.2. The van der Waals surface area contributed by atoms with Crippen LogP contribution in [-0.2, 0) is 16.5 Å². The maximum absolute atomic E-state index is 11.4. The number of hydrogen-bond acceptors (Lipinski definition) is 1. The molecule has 1 atom stereocenters. The topological polar surface area (TPSA) is 29.1 Å². The van der Waals surface area contributed by atoms with Crippen molar-refractivity contribution in [1.82, 2.24) is 0 Å². The van der Waals surface area contributed by atoms with Crippen LogP contribution in [0, 0.1) is 0 Å². The Morgan fingerprint density at radius 3 is 2.60 bits per heavy atom. The van der Waals surface area contributed by atoms with Crippen molar-refractivity contribution < 1.29 is 9.84 Å². The Morgan fingerprint density at radius 2 is 1.93 bits per heavy atom. The second-order valence-electron chi connectivity index (χ2n) is 3.72. The molecule has 0 spiro atoms. The predicted octanol–water partition coefficient (Wildman–Crippen LogP) is 3.54. The zero-order valence-electron chi connectivity index (χ0n) is 9.32. The Hall–Kier alpha value is -0.860. The molecule has 0 aliphatic rings. The molecule has 1 rings (SSSR count). The summed E-state index contributed by atoms with van der Waals surface area (Å²) in [7, 11) is 0. The molecule has 1 aromatic rings. The van der Waals surface area contributed by atoms with Crippen LogP contribution in [0.4, 0.5) is 0 Å². The maximum Gasteiger partial charge on any atom is 0.191 e. The highest BCUT2D eigenvalue weighted by molar-refractivity contribution is 5.13. The molecular formula is C13H19O2. The van der Waals surface area contributed by atoms with Crippen LogP contribution < -0.4 is 0 Å². The molecular weight excluding hydrogens is 188 g/mol. The number of ether oxygens (including phenoxy) is 1. The van der Waals surface area contributed by atoms with E-state index in [4.69, 9.17) is 4.74 Å². The zero-order chi connectivity index (χ0) is 10.9. The quantitative estimate of drug-likeness (QED) is 0.496. The summed E-state index contributed by atoms with van der Waals surface area (Å²) in [6.07, 6.45) is 3.00. The Labute approximate surface area is 91.9 Å². The Balaban J connectivity index is 2.14. The maximum atomic E-state index is 11.4. The first-order valence-corrected chi connectivity index (χ1v) is 5.64. The highest BCUT2D eigenvalue weighted by Crippen LogP contribution is 2.08. The van der Waals surface area contributed by atoms with Crippen molar-refractivity contribution >= 4 is 0 Å². The van der Waals surface area contributed by atoms with Crippen LogP contribution in [0.15, 0.2) is 30.3 Å². The molecule has 0 aromatic heterocycles. The van der Waals surface area contributed by atoms with Crippen LogP contribution in [-0.4, -0.2) is 6.29 Å². The second kappa shape index (κ2) is 7.43. The van der Waals surface area contributed by atoms with Gasteiger partial charge < -0.3 is 4.74 Å². The van der Waals surface area contributed by atoms with Gasteiger partial charge in [0.2, 0.25) is 0 Å². The van der Waals surface area contributed by atoms with Crippen molar-refractivity contribution in [3.63, 3.8) is 0 Å². The third kappa shape index (κ3) is 5.55. The third-order valence-corrected chi connectivity index (χ3v) is 2.32. The van der Waals surface area contributed by atoms with E-state index >= 15 is 0 Å². The Bertz CT molecular complexity index is 246. The molecule has 0 heterocycles. The van der Waals surface area contributed by atoms with Crippen LogP contribution in [0.25, 0.3) is 0 Å². The molecule has 1 aromatic carbocycles. The monoisotopic (exact) mass is 207 g/mol. The van der Waals surface area contributed by atoms with E-state index in [0.717, 1.165) is 24.8 Å². The summed E-state index contributed by atoms with van der Waals surface area (Å²) in [5.41, 5.74) is 1.06. The van der Waals surface area contributed by atoms with E-state index in [1.54, 1.807) is 0 Å². The van der Waals surface area contributed by atoms with E-state index in [2.05, 4.69) is 6.92 Å². The van der Waals surface area contributed by atoms with E-state index in [-0.39, 0.29) is 0 Å². The van der Waals surface area contributed by atoms with Crippen molar-refractivity contribution in [3.8, 4) is 0 Å². The minimum absolute atomic E-state index is 0.432. The summed E-state index contributed by atoms with van der Waals surface area (Å²) in [6, 6.07) is 9.81. The van der Waals surface area contributed by atoms with Crippen molar-refractivity contribution in [3.05, 3.63) is 35.9 Å². The van der Waals surface area contributed by atoms with Gasteiger partial charge in [-0.3, -0.25) is 0 Å². The van der Waals surface area contributed by atoms with Crippen molar-refractivity contribution in [2.45, 2.75) is 45.5 Å². The van der Waals surface area contributed by atoms with Gasteiger partial charge in [0.05, 0.1) is 6.61 Å². The molecule has 0 aliphatic heterocycles. The van der Waals surface area contributed by atoms with E-state index in [9.17, 15) is 5.11 Å². The summed E-state index contributed by atoms with van der Waals surface area (Å²) in [5, 5.41) is 11.4. The van der Waals surface area contributed by atoms with Gasteiger partial charge in [-0.25, -0.2) is 5.11 Å². The number of rotatable bonds is 7. The van der Waals surface area contributed by atoms with E-state index in [0.29, 0.717) is 13.0 Å². The van der Waals surface area contributed by atoms with Crippen molar-refractivity contribution in [2.75, 3.05) is 0 Å². The lowest BCUT2D eigenvalue weighted by Gasteiger charge is -2.09. The van der Waals surface area contributed by atoms with E-state index < -0.39 is 6.29 Å². The number of unbranched alkanes of at least 4 members (excludes halogenated alkanes) is 2. The molecule has 1 radical (unpaired) electrons. The van der Waals surface area contributed by atoms with Gasteiger partial charge in [-0.2, -0.15) is 0 Å². The van der Waals surface area contributed by atoms with Gasteiger partial charge in [0.15, 0.2) is 6.29 Å². The summed E-state index contributed by atoms with van der Waals surface area (Å²) in [5.74, 6) is 0. The molecule has 1 unspecified atom stereocenters. The highest BCUT2D eigenvalue weighted by atomic mass is 16.6. The normalized spacial score (nSPS) is 12.7. The minimum atomic E-state index is -0.864. The molecule has 2 heteroatoms. The number of benzene rings is 1. The average Bonchev–Trinajstić information content (AvgIpc) is 2.28. The fourth-order valence-corrected chi connectivity index (χ4v) is 1.41. The molecule has 15 heavy (non-hydrogen) atoms.